The average Bonchev–Trinajstić information content (AvgIpc) is 3.18. The van der Waals surface area contributed by atoms with Crippen LogP contribution >= 0.6 is 0 Å². The first kappa shape index (κ1) is 19.3. The highest BCUT2D eigenvalue weighted by atomic mass is 32.2. The first-order valence-corrected chi connectivity index (χ1v) is 11.0. The zero-order valence-electron chi connectivity index (χ0n) is 16.2. The maximum Gasteiger partial charge on any atom is 0.229 e. The van der Waals surface area contributed by atoms with Crippen LogP contribution in [0.15, 0.2) is 28.9 Å². The zero-order chi connectivity index (χ0) is 19.8. The average molecular weight is 392 g/mol. The Balaban J connectivity index is 2.06. The maximum atomic E-state index is 11.9. The summed E-state index contributed by atoms with van der Waals surface area (Å²) in [6, 6.07) is 0.110. The molecule has 0 radical (unpaired) electrons. The number of aliphatic imine (C=N–C) groups is 1. The largest absolute Gasteiger partial charge is 0.382 e. The Morgan fingerprint density at radius 2 is 1.96 bits per heavy atom. The molecule has 8 nitrogen and oxygen atoms in total. The van der Waals surface area contributed by atoms with Gasteiger partial charge < -0.3 is 5.73 Å². The monoisotopic (exact) mass is 391 g/mol. The smallest absolute Gasteiger partial charge is 0.229 e. The number of hydrogen-bond donors (Lipinski definition) is 2. The fourth-order valence-electron chi connectivity index (χ4n) is 3.28. The van der Waals surface area contributed by atoms with E-state index in [1.165, 1.54) is 0 Å². The Morgan fingerprint density at radius 1 is 1.30 bits per heavy atom. The number of rotatable bonds is 4. The van der Waals surface area contributed by atoms with Gasteiger partial charge in [0, 0.05) is 31.0 Å². The minimum Gasteiger partial charge on any atom is -0.382 e. The minimum absolute atomic E-state index is 0.110. The quantitative estimate of drug-likeness (QED) is 0.602. The van der Waals surface area contributed by atoms with Gasteiger partial charge in [-0.1, -0.05) is 0 Å². The number of sulfonamides is 1. The van der Waals surface area contributed by atoms with Crippen LogP contribution in [0, 0.1) is 6.92 Å². The summed E-state index contributed by atoms with van der Waals surface area (Å²) in [6.45, 7) is 7.78. The Kier molecular flexibility index (Phi) is 5.23. The predicted molar refractivity (Wildman–Crippen MR) is 108 cm³/mol. The highest BCUT2D eigenvalue weighted by Crippen LogP contribution is 2.29. The van der Waals surface area contributed by atoms with Crippen molar-refractivity contribution in [3.05, 3.63) is 29.6 Å². The van der Waals surface area contributed by atoms with Crippen LogP contribution in [0.4, 0.5) is 11.5 Å². The maximum absolute atomic E-state index is 11.9. The lowest BCUT2D eigenvalue weighted by molar-refractivity contribution is -0.504. The molecule has 0 spiro atoms. The molecule has 0 unspecified atom stereocenters. The molecule has 3 N–H and O–H groups in total. The Labute approximate surface area is 160 Å². The Bertz CT molecular complexity index is 972. The van der Waals surface area contributed by atoms with Crippen LogP contribution in [0.3, 0.4) is 0 Å². The molecule has 0 bridgehead atoms. The third kappa shape index (κ3) is 4.29. The second-order valence-electron chi connectivity index (χ2n) is 7.24. The molecule has 0 atom stereocenters. The molecule has 0 aromatic carbocycles. The van der Waals surface area contributed by atoms with E-state index < -0.39 is 10.0 Å². The molecule has 146 valence electrons. The van der Waals surface area contributed by atoms with Crippen molar-refractivity contribution in [3.8, 4) is 0 Å². The second kappa shape index (κ2) is 7.30. The van der Waals surface area contributed by atoms with Gasteiger partial charge in [0.05, 0.1) is 23.4 Å². The van der Waals surface area contributed by atoms with Crippen LogP contribution in [0.1, 0.15) is 38.4 Å². The van der Waals surface area contributed by atoms with Crippen LogP contribution in [0.25, 0.3) is 0 Å². The molecule has 1 fully saturated rings. The molecule has 0 amide bonds. The van der Waals surface area contributed by atoms with Gasteiger partial charge in [0.25, 0.3) is 0 Å². The van der Waals surface area contributed by atoms with E-state index in [1.807, 2.05) is 39.0 Å². The first-order valence-electron chi connectivity index (χ1n) is 9.09. The summed E-state index contributed by atoms with van der Waals surface area (Å²) in [7, 11) is -3.44. The van der Waals surface area contributed by atoms with Gasteiger partial charge in [-0.05, 0) is 26.8 Å². The van der Waals surface area contributed by atoms with Gasteiger partial charge in [0.1, 0.15) is 24.6 Å². The second-order valence-corrected chi connectivity index (χ2v) is 8.99. The van der Waals surface area contributed by atoms with E-state index in [0.29, 0.717) is 28.6 Å². The van der Waals surface area contributed by atoms with Gasteiger partial charge >= 0.3 is 0 Å². The van der Waals surface area contributed by atoms with E-state index in [0.717, 1.165) is 37.9 Å². The summed E-state index contributed by atoms with van der Waals surface area (Å²) >= 11 is 0. The van der Waals surface area contributed by atoms with E-state index in [4.69, 9.17) is 5.73 Å². The molecule has 3 rings (SSSR count). The van der Waals surface area contributed by atoms with Gasteiger partial charge in [-0.3, -0.25) is 4.72 Å². The number of aryl methyl sites for hydroxylation is 1. The minimum atomic E-state index is -3.44. The Hall–Kier alpha value is -2.42. The number of anilines is 1. The number of aromatic nitrogens is 2. The summed E-state index contributed by atoms with van der Waals surface area (Å²) in [4.78, 5) is 4.64. The highest BCUT2D eigenvalue weighted by molar-refractivity contribution is 7.88. The van der Waals surface area contributed by atoms with Crippen LogP contribution < -0.4 is 10.5 Å². The van der Waals surface area contributed by atoms with Crippen molar-refractivity contribution in [2.45, 2.75) is 39.7 Å². The molecule has 1 aromatic heterocycles. The molecule has 2 heterocycles. The van der Waals surface area contributed by atoms with Crippen LogP contribution in [-0.2, 0) is 10.0 Å². The van der Waals surface area contributed by atoms with Crippen molar-refractivity contribution in [3.63, 3.8) is 0 Å². The fraction of sp³-hybridized carbons (Fsp3) is 0.500. The predicted octanol–water partition coefficient (Wildman–Crippen LogP) is 1.68. The molecule has 1 aliphatic heterocycles. The highest BCUT2D eigenvalue weighted by Gasteiger charge is 2.23. The normalized spacial score (nSPS) is 19.3. The van der Waals surface area contributed by atoms with E-state index in [-0.39, 0.29) is 6.04 Å². The molecular weight excluding hydrogens is 364 g/mol. The third-order valence-electron chi connectivity index (χ3n) is 4.56. The summed E-state index contributed by atoms with van der Waals surface area (Å²) < 4.78 is 30.3. The Morgan fingerprint density at radius 3 is 2.52 bits per heavy atom. The summed E-state index contributed by atoms with van der Waals surface area (Å²) in [5.74, 6) is 0.469. The van der Waals surface area contributed by atoms with Crippen molar-refractivity contribution in [2.24, 2.45) is 4.99 Å². The van der Waals surface area contributed by atoms with E-state index in [2.05, 4.69) is 19.4 Å². The molecule has 1 saturated heterocycles. The van der Waals surface area contributed by atoms with Crippen molar-refractivity contribution in [2.75, 3.05) is 25.1 Å². The van der Waals surface area contributed by atoms with Gasteiger partial charge in [-0.2, -0.15) is 5.10 Å². The van der Waals surface area contributed by atoms with Crippen LogP contribution in [0.5, 0.6) is 0 Å². The van der Waals surface area contributed by atoms with Gasteiger partial charge in [-0.15, -0.1) is 0 Å². The summed E-state index contributed by atoms with van der Waals surface area (Å²) in [5.41, 5.74) is 9.43. The molecule has 1 aliphatic carbocycles. The zero-order valence-corrected chi connectivity index (χ0v) is 17.0. The van der Waals surface area contributed by atoms with Gasteiger partial charge in [-0.25, -0.2) is 22.7 Å². The number of nitrogens with zero attached hydrogens (tertiary/aromatic N) is 4. The van der Waals surface area contributed by atoms with E-state index >= 15 is 0 Å². The lowest BCUT2D eigenvalue weighted by atomic mass is 10.1. The molecule has 1 aromatic rings. The lowest BCUT2D eigenvalue weighted by Gasteiger charge is -2.13. The molecule has 0 saturated carbocycles. The fourth-order valence-corrected chi connectivity index (χ4v) is 3.85. The lowest BCUT2D eigenvalue weighted by Crippen LogP contribution is -2.29. The third-order valence-corrected chi connectivity index (χ3v) is 5.15. The molecule has 2 aliphatic rings. The van der Waals surface area contributed by atoms with Crippen molar-refractivity contribution >= 4 is 33.0 Å². The number of hydrogen-bond acceptors (Lipinski definition) is 5. The molecular formula is C18H27N6O2S+. The number of nitrogens with one attached hydrogen (secondary N) is 1. The van der Waals surface area contributed by atoms with Crippen LogP contribution in [-0.4, -0.2) is 53.5 Å². The van der Waals surface area contributed by atoms with Crippen molar-refractivity contribution in [1.82, 2.24) is 14.5 Å². The summed E-state index contributed by atoms with van der Waals surface area (Å²) in [6.07, 6.45) is 9.05. The summed E-state index contributed by atoms with van der Waals surface area (Å²) in [5, 5.41) is 4.44. The topological polar surface area (TPSA) is 105 Å². The SMILES string of the molecule is Cc1nn(C(C)C)c(N)c1/N=C1/C=CC(=[N+]2CCCC2)C=C1NS(C)(=O)=O. The number of allylic oxidation sites excluding steroid dienone is 3. The standard InChI is InChI=1S/C18H26N6O2S/c1-12(2)24-18(19)17(13(3)21-24)20-15-8-7-14(23-9-5-6-10-23)11-16(15)22-27(4,25)26/h7-8,11-12H,5-6,9-10H2,1-4H3,(H2,19,21,22)/p+1. The molecule has 9 heteroatoms. The van der Waals surface area contributed by atoms with Gasteiger partial charge in [0.2, 0.25) is 15.7 Å². The van der Waals surface area contributed by atoms with E-state index in [1.54, 1.807) is 4.68 Å². The number of nitrogens with two attached hydrogens (primary N) is 1. The van der Waals surface area contributed by atoms with Crippen molar-refractivity contribution < 1.29 is 13.0 Å². The van der Waals surface area contributed by atoms with Crippen LogP contribution in [0.2, 0.25) is 0 Å². The van der Waals surface area contributed by atoms with Gasteiger partial charge in [0.15, 0.2) is 0 Å². The van der Waals surface area contributed by atoms with Crippen molar-refractivity contribution in [1.29, 1.82) is 0 Å². The number of nitrogen functional groups attached to an aromatic ring is 1. The first-order chi connectivity index (χ1) is 12.7. The van der Waals surface area contributed by atoms with E-state index in [9.17, 15) is 8.42 Å². The molecule has 27 heavy (non-hydrogen) atoms.